The highest BCUT2D eigenvalue weighted by Gasteiger charge is 2.34. The molecule has 1 fully saturated rings. The molecule has 1 saturated heterocycles. The molecule has 2 aromatic heterocycles. The van der Waals surface area contributed by atoms with Crippen molar-refractivity contribution in [3.05, 3.63) is 64.3 Å². The molecule has 0 saturated carbocycles. The first-order valence-corrected chi connectivity index (χ1v) is 10.0. The van der Waals surface area contributed by atoms with E-state index < -0.39 is 31.5 Å². The van der Waals surface area contributed by atoms with Crippen LogP contribution in [0.15, 0.2) is 47.5 Å². The predicted molar refractivity (Wildman–Crippen MR) is 99.2 cm³/mol. The Hall–Kier alpha value is -3.12. The number of benzene rings is 1. The van der Waals surface area contributed by atoms with Crippen molar-refractivity contribution < 1.29 is 22.1 Å². The Morgan fingerprint density at radius 3 is 2.48 bits per heavy atom. The molecule has 0 bridgehead atoms. The lowest BCUT2D eigenvalue weighted by Crippen LogP contribution is -2.49. The van der Waals surface area contributed by atoms with Gasteiger partial charge in [-0.05, 0) is 29.2 Å². The maximum Gasteiger partial charge on any atom is 0.372 e. The first kappa shape index (κ1) is 19.2. The van der Waals surface area contributed by atoms with E-state index in [0.717, 1.165) is 16.4 Å². The van der Waals surface area contributed by atoms with Gasteiger partial charge in [0.05, 0.1) is 6.20 Å². The summed E-state index contributed by atoms with van der Waals surface area (Å²) in [7, 11) is -4.24. The molecule has 1 aliphatic heterocycles. The van der Waals surface area contributed by atoms with E-state index in [4.69, 9.17) is 0 Å². The van der Waals surface area contributed by atoms with Crippen molar-refractivity contribution in [2.24, 2.45) is 0 Å². The second-order valence-electron chi connectivity index (χ2n) is 6.41. The number of anilines is 1. The van der Waals surface area contributed by atoms with E-state index in [1.807, 2.05) is 0 Å². The molecule has 9 nitrogen and oxygen atoms in total. The molecule has 0 radical (unpaired) electrons. The van der Waals surface area contributed by atoms with Crippen LogP contribution in [0.3, 0.4) is 0 Å². The van der Waals surface area contributed by atoms with Gasteiger partial charge in [-0.2, -0.15) is 13.7 Å². The summed E-state index contributed by atoms with van der Waals surface area (Å²) in [5, 5.41) is 11.6. The number of halogens is 2. The van der Waals surface area contributed by atoms with Crippen molar-refractivity contribution in [2.75, 3.05) is 31.1 Å². The molecule has 0 atom stereocenters. The van der Waals surface area contributed by atoms with Crippen LogP contribution < -0.4 is 4.90 Å². The molecule has 12 heteroatoms. The number of fused-ring (bicyclic) bond motifs is 1. The average molecular weight is 423 g/mol. The number of imidazole rings is 1. The first-order chi connectivity index (χ1) is 13.8. The number of nitrogens with zero attached hydrogens (tertiary/aromatic N) is 5. The number of piperazine rings is 1. The highest BCUT2D eigenvalue weighted by molar-refractivity contribution is 7.89. The van der Waals surface area contributed by atoms with Crippen molar-refractivity contribution in [1.82, 2.24) is 13.7 Å². The van der Waals surface area contributed by atoms with Crippen molar-refractivity contribution in [1.29, 1.82) is 0 Å². The first-order valence-electron chi connectivity index (χ1n) is 8.60. The molecular weight excluding hydrogens is 408 g/mol. The number of pyridine rings is 1. The molecule has 29 heavy (non-hydrogen) atoms. The summed E-state index contributed by atoms with van der Waals surface area (Å²) < 4.78 is 55.1. The fraction of sp³-hybridized carbons (Fsp3) is 0.235. The maximum absolute atomic E-state index is 14.0. The summed E-state index contributed by atoms with van der Waals surface area (Å²) in [4.78, 5) is 16.2. The third kappa shape index (κ3) is 3.29. The van der Waals surface area contributed by atoms with Crippen molar-refractivity contribution in [2.45, 2.75) is 4.90 Å². The van der Waals surface area contributed by atoms with Crippen molar-refractivity contribution in [3.8, 4) is 0 Å². The fourth-order valence-corrected chi connectivity index (χ4v) is 4.80. The van der Waals surface area contributed by atoms with E-state index in [1.165, 1.54) is 10.6 Å². The lowest BCUT2D eigenvalue weighted by atomic mass is 10.3. The number of hydrogen-bond acceptors (Lipinski definition) is 6. The SMILES string of the molecule is O=[N+]([O-])c1c(N2CCN(S(=O)(=O)c3cc(F)ccc3F)CC2)nc2ccccn12. The van der Waals surface area contributed by atoms with Gasteiger partial charge in [-0.15, -0.1) is 0 Å². The normalized spacial score (nSPS) is 15.7. The molecule has 0 N–H and O–H groups in total. The molecule has 3 heterocycles. The van der Waals surface area contributed by atoms with Crippen LogP contribution in [0.2, 0.25) is 0 Å². The van der Waals surface area contributed by atoms with Crippen LogP contribution in [0.25, 0.3) is 5.65 Å². The Morgan fingerprint density at radius 1 is 1.07 bits per heavy atom. The molecule has 0 aliphatic carbocycles. The Balaban J connectivity index is 1.60. The third-order valence-electron chi connectivity index (χ3n) is 4.71. The lowest BCUT2D eigenvalue weighted by molar-refractivity contribution is -0.389. The van der Waals surface area contributed by atoms with Gasteiger partial charge in [0.25, 0.3) is 0 Å². The van der Waals surface area contributed by atoms with Crippen LogP contribution in [0, 0.1) is 21.7 Å². The van der Waals surface area contributed by atoms with E-state index in [9.17, 15) is 27.3 Å². The lowest BCUT2D eigenvalue weighted by Gasteiger charge is -2.33. The molecule has 0 amide bonds. The zero-order valence-corrected chi connectivity index (χ0v) is 15.7. The number of nitro groups is 1. The molecule has 0 unspecified atom stereocenters. The molecule has 1 aromatic carbocycles. The second kappa shape index (κ2) is 7.04. The summed E-state index contributed by atoms with van der Waals surface area (Å²) in [5.74, 6) is -1.97. The van der Waals surface area contributed by atoms with E-state index in [2.05, 4.69) is 4.98 Å². The Labute approximate surface area is 164 Å². The van der Waals surface area contributed by atoms with Crippen molar-refractivity contribution >= 4 is 27.3 Å². The van der Waals surface area contributed by atoms with Crippen LogP contribution >= 0.6 is 0 Å². The number of sulfonamides is 1. The number of hydrogen-bond donors (Lipinski definition) is 0. The van der Waals surface area contributed by atoms with Gasteiger partial charge in [0, 0.05) is 32.2 Å². The van der Waals surface area contributed by atoms with Gasteiger partial charge < -0.3 is 15.0 Å². The minimum atomic E-state index is -4.24. The summed E-state index contributed by atoms with van der Waals surface area (Å²) in [5.41, 5.74) is 0.395. The van der Waals surface area contributed by atoms with Crippen molar-refractivity contribution in [3.63, 3.8) is 0 Å². The van der Waals surface area contributed by atoms with E-state index in [0.29, 0.717) is 11.7 Å². The summed E-state index contributed by atoms with van der Waals surface area (Å²) in [6.45, 7) is 0.119. The van der Waals surface area contributed by atoms with Gasteiger partial charge in [0.2, 0.25) is 21.5 Å². The third-order valence-corrected chi connectivity index (χ3v) is 6.62. The predicted octanol–water partition coefficient (Wildman–Crippen LogP) is 2.03. The Kier molecular flexibility index (Phi) is 4.67. The summed E-state index contributed by atoms with van der Waals surface area (Å²) in [6, 6.07) is 7.22. The highest BCUT2D eigenvalue weighted by Crippen LogP contribution is 2.30. The average Bonchev–Trinajstić information content (AvgIpc) is 3.09. The van der Waals surface area contributed by atoms with E-state index in [-0.39, 0.29) is 37.8 Å². The van der Waals surface area contributed by atoms with Gasteiger partial charge in [-0.1, -0.05) is 6.07 Å². The monoisotopic (exact) mass is 423 g/mol. The minimum Gasteiger partial charge on any atom is -0.358 e. The topological polar surface area (TPSA) is 101 Å². The van der Waals surface area contributed by atoms with Crippen LogP contribution in [-0.4, -0.2) is 53.2 Å². The molecular formula is C17H15F2N5O4S. The van der Waals surface area contributed by atoms with Crippen LogP contribution in [-0.2, 0) is 10.0 Å². The van der Waals surface area contributed by atoms with Gasteiger partial charge >= 0.3 is 5.82 Å². The Bertz CT molecular complexity index is 1210. The van der Waals surface area contributed by atoms with Gasteiger partial charge in [-0.25, -0.2) is 17.2 Å². The molecule has 0 spiro atoms. The summed E-state index contributed by atoms with van der Waals surface area (Å²) >= 11 is 0. The van der Waals surface area contributed by atoms with Crippen LogP contribution in [0.4, 0.5) is 20.4 Å². The van der Waals surface area contributed by atoms with E-state index in [1.54, 1.807) is 23.1 Å². The van der Waals surface area contributed by atoms with Gasteiger partial charge in [0.15, 0.2) is 0 Å². The molecule has 3 aromatic rings. The fourth-order valence-electron chi connectivity index (χ4n) is 3.31. The molecule has 1 aliphatic rings. The number of rotatable bonds is 4. The quantitative estimate of drug-likeness (QED) is 0.470. The number of aromatic nitrogens is 2. The van der Waals surface area contributed by atoms with Crippen LogP contribution in [0.1, 0.15) is 0 Å². The van der Waals surface area contributed by atoms with Gasteiger partial charge in [0.1, 0.15) is 16.5 Å². The van der Waals surface area contributed by atoms with Crippen LogP contribution in [0.5, 0.6) is 0 Å². The minimum absolute atomic E-state index is 0.0523. The second-order valence-corrected chi connectivity index (χ2v) is 8.32. The maximum atomic E-state index is 14.0. The highest BCUT2D eigenvalue weighted by atomic mass is 32.2. The zero-order valence-electron chi connectivity index (χ0n) is 14.9. The van der Waals surface area contributed by atoms with Gasteiger partial charge in [-0.3, -0.25) is 0 Å². The Morgan fingerprint density at radius 2 is 1.79 bits per heavy atom. The summed E-state index contributed by atoms with van der Waals surface area (Å²) in [6.07, 6.45) is 1.53. The molecule has 152 valence electrons. The van der Waals surface area contributed by atoms with E-state index >= 15 is 0 Å². The standard InChI is InChI=1S/C17H15F2N5O4S/c18-12-4-5-13(19)14(11-12)29(27,28)22-9-7-21(8-10-22)16-17(24(25)26)23-6-2-1-3-15(23)20-16/h1-6,11H,7-10H2. The smallest absolute Gasteiger partial charge is 0.358 e. The zero-order chi connectivity index (χ0) is 20.8. The molecule has 4 rings (SSSR count). The largest absolute Gasteiger partial charge is 0.372 e.